The van der Waals surface area contributed by atoms with Crippen molar-refractivity contribution < 1.29 is 4.79 Å². The summed E-state index contributed by atoms with van der Waals surface area (Å²) in [6.07, 6.45) is 0.623. The lowest BCUT2D eigenvalue weighted by atomic mass is 9.81. The molecule has 2 atom stereocenters. The predicted octanol–water partition coefficient (Wildman–Crippen LogP) is 2.49. The molecule has 17 heavy (non-hydrogen) atoms. The molecule has 3 nitrogen and oxygen atoms in total. The van der Waals surface area contributed by atoms with E-state index in [0.717, 1.165) is 0 Å². The highest BCUT2D eigenvalue weighted by Crippen LogP contribution is 2.26. The first-order valence-electron chi connectivity index (χ1n) is 6.14. The summed E-state index contributed by atoms with van der Waals surface area (Å²) in [4.78, 5) is 12.4. The molecule has 0 bridgehead atoms. The van der Waals surface area contributed by atoms with Crippen LogP contribution in [-0.2, 0) is 4.79 Å². The molecule has 0 saturated heterocycles. The Balaban J connectivity index is 4.51. The second kappa shape index (κ2) is 5.80. The van der Waals surface area contributed by atoms with Crippen molar-refractivity contribution in [2.75, 3.05) is 6.54 Å². The molecular formula is C13H26N2OS. The fraction of sp³-hybridized carbons (Fsp3) is 0.846. The van der Waals surface area contributed by atoms with Crippen LogP contribution in [0.15, 0.2) is 0 Å². The van der Waals surface area contributed by atoms with E-state index in [1.54, 1.807) is 6.92 Å². The monoisotopic (exact) mass is 258 g/mol. The van der Waals surface area contributed by atoms with Gasteiger partial charge in [-0.15, -0.1) is 0 Å². The fourth-order valence-electron chi connectivity index (χ4n) is 1.19. The molecule has 0 heterocycles. The van der Waals surface area contributed by atoms with Crippen LogP contribution in [0.4, 0.5) is 0 Å². The number of carbonyl (C=O) groups excluding carboxylic acids is 1. The van der Waals surface area contributed by atoms with Crippen LogP contribution < -0.4 is 11.1 Å². The highest BCUT2D eigenvalue weighted by atomic mass is 32.1. The summed E-state index contributed by atoms with van der Waals surface area (Å²) in [5, 5.41) is 2.96. The molecule has 3 N–H and O–H groups in total. The van der Waals surface area contributed by atoms with Gasteiger partial charge in [-0.3, -0.25) is 4.79 Å². The zero-order valence-corrected chi connectivity index (χ0v) is 12.7. The highest BCUT2D eigenvalue weighted by Gasteiger charge is 2.34. The zero-order chi connectivity index (χ0) is 13.9. The quantitative estimate of drug-likeness (QED) is 0.745. The normalized spacial score (nSPS) is 17.1. The maximum Gasteiger partial charge on any atom is 0.232 e. The number of hydrogen-bond acceptors (Lipinski definition) is 2. The minimum absolute atomic E-state index is 0.0661. The van der Waals surface area contributed by atoms with Gasteiger partial charge in [-0.25, -0.2) is 0 Å². The zero-order valence-electron chi connectivity index (χ0n) is 11.9. The van der Waals surface area contributed by atoms with E-state index in [4.69, 9.17) is 18.0 Å². The van der Waals surface area contributed by atoms with Crippen LogP contribution in [0.5, 0.6) is 0 Å². The van der Waals surface area contributed by atoms with E-state index in [9.17, 15) is 4.79 Å². The molecule has 0 aromatic carbocycles. The first-order chi connectivity index (χ1) is 7.55. The van der Waals surface area contributed by atoms with Gasteiger partial charge in [0.1, 0.15) is 0 Å². The number of hydrogen-bond donors (Lipinski definition) is 2. The average molecular weight is 258 g/mol. The van der Waals surface area contributed by atoms with Gasteiger partial charge in [-0.1, -0.05) is 46.8 Å². The third kappa shape index (κ3) is 4.26. The van der Waals surface area contributed by atoms with E-state index in [2.05, 4.69) is 33.0 Å². The van der Waals surface area contributed by atoms with Crippen LogP contribution in [0.1, 0.15) is 48.0 Å². The lowest BCUT2D eigenvalue weighted by Gasteiger charge is -2.30. The molecule has 0 aliphatic carbocycles. The van der Waals surface area contributed by atoms with Crippen molar-refractivity contribution in [1.29, 1.82) is 0 Å². The lowest BCUT2D eigenvalue weighted by Crippen LogP contribution is -2.48. The third-order valence-electron chi connectivity index (χ3n) is 3.80. The van der Waals surface area contributed by atoms with E-state index < -0.39 is 5.41 Å². The SMILES string of the molecule is CCC(C)(C(=O)NCC(C)C(C)(C)C)C(N)=S. The van der Waals surface area contributed by atoms with E-state index >= 15 is 0 Å². The molecule has 0 aliphatic rings. The molecule has 0 aromatic heterocycles. The number of nitrogens with one attached hydrogen (secondary N) is 1. The summed E-state index contributed by atoms with van der Waals surface area (Å²) in [6.45, 7) is 13.0. The predicted molar refractivity (Wildman–Crippen MR) is 76.8 cm³/mol. The largest absolute Gasteiger partial charge is 0.392 e. The molecule has 2 unspecified atom stereocenters. The van der Waals surface area contributed by atoms with Crippen LogP contribution in [0, 0.1) is 16.7 Å². The Morgan fingerprint density at radius 3 is 2.12 bits per heavy atom. The van der Waals surface area contributed by atoms with Gasteiger partial charge < -0.3 is 11.1 Å². The molecular weight excluding hydrogens is 232 g/mol. The molecule has 0 radical (unpaired) electrons. The summed E-state index contributed by atoms with van der Waals surface area (Å²) in [7, 11) is 0. The van der Waals surface area contributed by atoms with Crippen molar-refractivity contribution in [3.05, 3.63) is 0 Å². The minimum atomic E-state index is -0.729. The Hall–Kier alpha value is -0.640. The van der Waals surface area contributed by atoms with Gasteiger partial charge in [-0.05, 0) is 24.7 Å². The second-order valence-corrected chi connectivity index (χ2v) is 6.47. The molecule has 0 spiro atoms. The number of nitrogens with two attached hydrogens (primary N) is 1. The molecule has 100 valence electrons. The smallest absolute Gasteiger partial charge is 0.232 e. The van der Waals surface area contributed by atoms with Crippen molar-refractivity contribution in [2.24, 2.45) is 22.5 Å². The summed E-state index contributed by atoms with van der Waals surface area (Å²) in [6, 6.07) is 0. The van der Waals surface area contributed by atoms with Gasteiger partial charge in [-0.2, -0.15) is 0 Å². The Morgan fingerprint density at radius 1 is 1.35 bits per heavy atom. The van der Waals surface area contributed by atoms with E-state index in [1.807, 2.05) is 6.92 Å². The molecule has 4 heteroatoms. The fourth-order valence-corrected chi connectivity index (χ4v) is 1.43. The molecule has 0 rings (SSSR count). The van der Waals surface area contributed by atoms with Crippen molar-refractivity contribution in [1.82, 2.24) is 5.32 Å². The number of rotatable bonds is 5. The molecule has 0 saturated carbocycles. The van der Waals surface area contributed by atoms with Crippen LogP contribution in [0.25, 0.3) is 0 Å². The molecule has 1 amide bonds. The van der Waals surface area contributed by atoms with E-state index in [1.165, 1.54) is 0 Å². The van der Waals surface area contributed by atoms with Crippen molar-refractivity contribution in [3.8, 4) is 0 Å². The van der Waals surface area contributed by atoms with Gasteiger partial charge in [0.15, 0.2) is 0 Å². The Morgan fingerprint density at radius 2 is 1.82 bits per heavy atom. The Bertz CT molecular complexity index is 296. The standard InChI is InChI=1S/C13H26N2OS/c1-7-13(6,10(14)17)11(16)15-8-9(2)12(3,4)5/h9H,7-8H2,1-6H3,(H2,14,17)(H,15,16). The first kappa shape index (κ1) is 16.4. The number of carbonyl (C=O) groups is 1. The third-order valence-corrected chi connectivity index (χ3v) is 4.25. The topological polar surface area (TPSA) is 55.1 Å². The Kier molecular flexibility index (Phi) is 5.59. The van der Waals surface area contributed by atoms with Crippen LogP contribution in [0.3, 0.4) is 0 Å². The van der Waals surface area contributed by atoms with Gasteiger partial charge in [0.05, 0.1) is 10.4 Å². The lowest BCUT2D eigenvalue weighted by molar-refractivity contribution is -0.127. The molecule has 0 aliphatic heterocycles. The molecule has 0 aromatic rings. The maximum absolute atomic E-state index is 12.1. The van der Waals surface area contributed by atoms with Gasteiger partial charge in [0, 0.05) is 6.54 Å². The Labute approximate surface area is 111 Å². The van der Waals surface area contributed by atoms with Crippen molar-refractivity contribution in [2.45, 2.75) is 48.0 Å². The minimum Gasteiger partial charge on any atom is -0.392 e. The van der Waals surface area contributed by atoms with Crippen molar-refractivity contribution in [3.63, 3.8) is 0 Å². The summed E-state index contributed by atoms with van der Waals surface area (Å²) >= 11 is 4.98. The van der Waals surface area contributed by atoms with E-state index in [0.29, 0.717) is 18.9 Å². The summed E-state index contributed by atoms with van der Waals surface area (Å²) in [5.74, 6) is 0.336. The van der Waals surface area contributed by atoms with E-state index in [-0.39, 0.29) is 16.3 Å². The van der Waals surface area contributed by atoms with Crippen molar-refractivity contribution >= 4 is 23.1 Å². The average Bonchev–Trinajstić information content (AvgIpc) is 2.22. The first-order valence-corrected chi connectivity index (χ1v) is 6.54. The highest BCUT2D eigenvalue weighted by molar-refractivity contribution is 7.80. The number of thiocarbonyl (C=S) groups is 1. The van der Waals surface area contributed by atoms with Crippen LogP contribution >= 0.6 is 12.2 Å². The van der Waals surface area contributed by atoms with Gasteiger partial charge in [0.25, 0.3) is 0 Å². The summed E-state index contributed by atoms with van der Waals surface area (Å²) in [5.41, 5.74) is 5.10. The van der Waals surface area contributed by atoms with Gasteiger partial charge >= 0.3 is 0 Å². The second-order valence-electron chi connectivity index (χ2n) is 6.03. The maximum atomic E-state index is 12.1. The summed E-state index contributed by atoms with van der Waals surface area (Å²) < 4.78 is 0. The van der Waals surface area contributed by atoms with Crippen LogP contribution in [-0.4, -0.2) is 17.4 Å². The van der Waals surface area contributed by atoms with Crippen LogP contribution in [0.2, 0.25) is 0 Å². The van der Waals surface area contributed by atoms with Gasteiger partial charge in [0.2, 0.25) is 5.91 Å². The number of amides is 1. The molecule has 0 fully saturated rings.